The van der Waals surface area contributed by atoms with Crippen LogP contribution < -0.4 is 0 Å². The van der Waals surface area contributed by atoms with E-state index in [1.54, 1.807) is 11.0 Å². The van der Waals surface area contributed by atoms with Crippen molar-refractivity contribution in [2.75, 3.05) is 6.54 Å². The van der Waals surface area contributed by atoms with Gasteiger partial charge in [0.15, 0.2) is 0 Å². The molecule has 2 aromatic carbocycles. The van der Waals surface area contributed by atoms with Crippen molar-refractivity contribution in [3.05, 3.63) is 83.8 Å². The van der Waals surface area contributed by atoms with Crippen molar-refractivity contribution >= 4 is 5.91 Å². The highest BCUT2D eigenvalue weighted by Gasteiger charge is 2.19. The molecule has 0 aliphatic rings. The molecule has 1 heterocycles. The van der Waals surface area contributed by atoms with Crippen molar-refractivity contribution in [1.29, 1.82) is 0 Å². The molecule has 0 unspecified atom stereocenters. The van der Waals surface area contributed by atoms with E-state index in [0.29, 0.717) is 23.8 Å². The monoisotopic (exact) mass is 347 g/mol. The number of nitrogens with zero attached hydrogens (tertiary/aromatic N) is 3. The van der Waals surface area contributed by atoms with Crippen molar-refractivity contribution in [1.82, 2.24) is 15.0 Å². The third kappa shape index (κ3) is 3.88. The first-order chi connectivity index (χ1) is 12.6. The van der Waals surface area contributed by atoms with Crippen LogP contribution in [-0.4, -0.2) is 27.5 Å². The van der Waals surface area contributed by atoms with Gasteiger partial charge in [-0.2, -0.15) is 4.98 Å². The lowest BCUT2D eigenvalue weighted by atomic mass is 10.1. The predicted octanol–water partition coefficient (Wildman–Crippen LogP) is 4.18. The molecule has 0 saturated heterocycles. The zero-order chi connectivity index (χ0) is 18.5. The Labute approximate surface area is 153 Å². The lowest BCUT2D eigenvalue weighted by molar-refractivity contribution is 0.0744. The number of hydrogen-bond acceptors (Lipinski definition) is 4. The molecule has 0 bridgehead atoms. The summed E-state index contributed by atoms with van der Waals surface area (Å²) in [5, 5.41) is 4.03. The molecule has 1 amide bonds. The van der Waals surface area contributed by atoms with Crippen molar-refractivity contribution in [2.45, 2.75) is 20.4 Å². The summed E-state index contributed by atoms with van der Waals surface area (Å²) in [4.78, 5) is 18.9. The number of amides is 1. The number of benzene rings is 2. The number of aromatic nitrogens is 2. The van der Waals surface area contributed by atoms with Gasteiger partial charge in [0.2, 0.25) is 11.7 Å². The van der Waals surface area contributed by atoms with Crippen LogP contribution in [0.3, 0.4) is 0 Å². The Kier molecular flexibility index (Phi) is 5.27. The second kappa shape index (κ2) is 7.78. The van der Waals surface area contributed by atoms with Crippen LogP contribution in [0.4, 0.5) is 0 Å². The number of carbonyl (C=O) groups is 1. The molecule has 5 nitrogen and oxygen atoms in total. The van der Waals surface area contributed by atoms with E-state index in [0.717, 1.165) is 11.1 Å². The molecular formula is C21H21N3O2. The average Bonchev–Trinajstić information content (AvgIpc) is 3.10. The van der Waals surface area contributed by atoms with Gasteiger partial charge in [-0.15, -0.1) is 6.58 Å². The van der Waals surface area contributed by atoms with E-state index >= 15 is 0 Å². The van der Waals surface area contributed by atoms with Gasteiger partial charge in [-0.05, 0) is 25.5 Å². The highest BCUT2D eigenvalue weighted by Crippen LogP contribution is 2.18. The van der Waals surface area contributed by atoms with Crippen LogP contribution in [0.5, 0.6) is 0 Å². The molecule has 0 saturated carbocycles. The van der Waals surface area contributed by atoms with Crippen LogP contribution in [0.1, 0.15) is 27.4 Å². The van der Waals surface area contributed by atoms with E-state index in [-0.39, 0.29) is 12.5 Å². The first-order valence-corrected chi connectivity index (χ1v) is 8.44. The van der Waals surface area contributed by atoms with Gasteiger partial charge < -0.3 is 9.42 Å². The molecule has 3 rings (SSSR count). The third-order valence-corrected chi connectivity index (χ3v) is 4.12. The Balaban J connectivity index is 1.80. The summed E-state index contributed by atoms with van der Waals surface area (Å²) in [6.45, 7) is 8.32. The van der Waals surface area contributed by atoms with Crippen LogP contribution in [0.15, 0.2) is 65.7 Å². The molecule has 0 spiro atoms. The lowest BCUT2D eigenvalue weighted by Crippen LogP contribution is -2.31. The molecule has 132 valence electrons. The molecule has 5 heteroatoms. The topological polar surface area (TPSA) is 59.2 Å². The summed E-state index contributed by atoms with van der Waals surface area (Å²) in [6, 6.07) is 15.4. The summed E-state index contributed by atoms with van der Waals surface area (Å²) >= 11 is 0. The Morgan fingerprint density at radius 2 is 1.88 bits per heavy atom. The maximum absolute atomic E-state index is 12.9. The van der Waals surface area contributed by atoms with Crippen LogP contribution in [-0.2, 0) is 6.54 Å². The highest BCUT2D eigenvalue weighted by molar-refractivity contribution is 5.95. The molecule has 0 atom stereocenters. The van der Waals surface area contributed by atoms with E-state index in [1.807, 2.05) is 62.4 Å². The smallest absolute Gasteiger partial charge is 0.254 e. The summed E-state index contributed by atoms with van der Waals surface area (Å²) in [5.41, 5.74) is 3.63. The van der Waals surface area contributed by atoms with E-state index in [2.05, 4.69) is 16.7 Å². The van der Waals surface area contributed by atoms with Gasteiger partial charge in [0.25, 0.3) is 5.91 Å². The van der Waals surface area contributed by atoms with E-state index < -0.39 is 0 Å². The van der Waals surface area contributed by atoms with Crippen LogP contribution in [0, 0.1) is 13.8 Å². The summed E-state index contributed by atoms with van der Waals surface area (Å²) in [6.07, 6.45) is 1.69. The molecular weight excluding hydrogens is 326 g/mol. The summed E-state index contributed by atoms with van der Waals surface area (Å²) in [7, 11) is 0. The number of rotatable bonds is 6. The average molecular weight is 347 g/mol. The minimum Gasteiger partial charge on any atom is -0.337 e. The van der Waals surface area contributed by atoms with Gasteiger partial charge in [0.05, 0.1) is 0 Å². The summed E-state index contributed by atoms with van der Waals surface area (Å²) < 4.78 is 5.35. The lowest BCUT2D eigenvalue weighted by Gasteiger charge is -2.20. The van der Waals surface area contributed by atoms with E-state index in [1.165, 1.54) is 5.56 Å². The fourth-order valence-corrected chi connectivity index (χ4v) is 2.66. The zero-order valence-corrected chi connectivity index (χ0v) is 15.0. The van der Waals surface area contributed by atoms with Gasteiger partial charge in [-0.3, -0.25) is 4.79 Å². The standard InChI is InChI=1S/C21H21N3O2/c1-4-13-24(21(25)18-8-6-5-7-16(18)3)14-19-22-20(23-26-19)17-11-9-15(2)10-12-17/h4-12H,1,13-14H2,2-3H3. The minimum atomic E-state index is -0.0851. The fraction of sp³-hybridized carbons (Fsp3) is 0.190. The van der Waals surface area contributed by atoms with Gasteiger partial charge in [0.1, 0.15) is 6.54 Å². The summed E-state index contributed by atoms with van der Waals surface area (Å²) in [5.74, 6) is 0.823. The van der Waals surface area contributed by atoms with Crippen LogP contribution >= 0.6 is 0 Å². The van der Waals surface area contributed by atoms with Gasteiger partial charge in [-0.1, -0.05) is 59.3 Å². The normalized spacial score (nSPS) is 10.5. The second-order valence-corrected chi connectivity index (χ2v) is 6.17. The Hall–Kier alpha value is -3.21. The van der Waals surface area contributed by atoms with Crippen molar-refractivity contribution in [3.63, 3.8) is 0 Å². The number of aryl methyl sites for hydroxylation is 2. The van der Waals surface area contributed by atoms with Gasteiger partial charge in [-0.25, -0.2) is 0 Å². The molecule has 0 radical (unpaired) electrons. The first-order valence-electron chi connectivity index (χ1n) is 8.44. The van der Waals surface area contributed by atoms with Gasteiger partial charge >= 0.3 is 0 Å². The molecule has 1 aromatic heterocycles. The zero-order valence-electron chi connectivity index (χ0n) is 15.0. The molecule has 0 aliphatic heterocycles. The molecule has 26 heavy (non-hydrogen) atoms. The van der Waals surface area contributed by atoms with Crippen molar-refractivity contribution < 1.29 is 9.32 Å². The fourth-order valence-electron chi connectivity index (χ4n) is 2.66. The maximum Gasteiger partial charge on any atom is 0.254 e. The molecule has 0 fully saturated rings. The molecule has 3 aromatic rings. The van der Waals surface area contributed by atoms with Crippen LogP contribution in [0.2, 0.25) is 0 Å². The van der Waals surface area contributed by atoms with Crippen LogP contribution in [0.25, 0.3) is 11.4 Å². The van der Waals surface area contributed by atoms with Gasteiger partial charge in [0, 0.05) is 17.7 Å². The Morgan fingerprint density at radius 3 is 2.58 bits per heavy atom. The van der Waals surface area contributed by atoms with Crippen molar-refractivity contribution in [2.24, 2.45) is 0 Å². The van der Waals surface area contributed by atoms with E-state index in [4.69, 9.17) is 4.52 Å². The predicted molar refractivity (Wildman–Crippen MR) is 101 cm³/mol. The quantitative estimate of drug-likeness (QED) is 0.628. The number of carbonyl (C=O) groups excluding carboxylic acids is 1. The molecule has 0 aliphatic carbocycles. The number of hydrogen-bond donors (Lipinski definition) is 0. The van der Waals surface area contributed by atoms with E-state index in [9.17, 15) is 4.79 Å². The third-order valence-electron chi connectivity index (χ3n) is 4.12. The van der Waals surface area contributed by atoms with Crippen molar-refractivity contribution in [3.8, 4) is 11.4 Å². The highest BCUT2D eigenvalue weighted by atomic mass is 16.5. The minimum absolute atomic E-state index is 0.0851. The molecule has 0 N–H and O–H groups in total. The Bertz CT molecular complexity index is 913. The second-order valence-electron chi connectivity index (χ2n) is 6.17. The SMILES string of the molecule is C=CCN(Cc1nc(-c2ccc(C)cc2)no1)C(=O)c1ccccc1C. The first kappa shape index (κ1) is 17.6. The Morgan fingerprint density at radius 1 is 1.15 bits per heavy atom. The maximum atomic E-state index is 12.9. The largest absolute Gasteiger partial charge is 0.337 e.